The highest BCUT2D eigenvalue weighted by atomic mass is 16.4. The Morgan fingerprint density at radius 1 is 1.18 bits per heavy atom. The van der Waals surface area contributed by atoms with Crippen LogP contribution in [0.4, 0.5) is 5.69 Å². The fraction of sp³-hybridized carbons (Fsp3) is 0.389. The minimum Gasteiger partial charge on any atom is -0.455 e. The molecule has 0 aliphatic carbocycles. The molecule has 116 valence electrons. The highest BCUT2D eigenvalue weighted by molar-refractivity contribution is 6.02. The first-order valence-corrected chi connectivity index (χ1v) is 7.81. The van der Waals surface area contributed by atoms with E-state index in [-0.39, 0.29) is 5.91 Å². The Kier molecular flexibility index (Phi) is 4.29. The van der Waals surface area contributed by atoms with Gasteiger partial charge in [0.05, 0.1) is 6.54 Å². The van der Waals surface area contributed by atoms with Crippen LogP contribution in [0.25, 0.3) is 0 Å². The normalized spacial score (nSPS) is 15.2. The average molecular weight is 298 g/mol. The molecule has 22 heavy (non-hydrogen) atoms. The van der Waals surface area contributed by atoms with Crippen molar-refractivity contribution >= 4 is 11.6 Å². The topological polar surface area (TPSA) is 45.5 Å². The van der Waals surface area contributed by atoms with E-state index in [9.17, 15) is 4.79 Å². The SMILES string of the molecule is Cc1ccc(C)c(NC(=O)c2ccc(CN3CCCC3)o2)c1. The summed E-state index contributed by atoms with van der Waals surface area (Å²) in [7, 11) is 0. The maximum Gasteiger partial charge on any atom is 0.291 e. The monoisotopic (exact) mass is 298 g/mol. The van der Waals surface area contributed by atoms with Crippen LogP contribution < -0.4 is 5.32 Å². The minimum absolute atomic E-state index is 0.193. The van der Waals surface area contributed by atoms with Crippen LogP contribution in [-0.2, 0) is 6.54 Å². The lowest BCUT2D eigenvalue weighted by Crippen LogP contribution is -2.18. The van der Waals surface area contributed by atoms with Crippen LogP contribution in [0.5, 0.6) is 0 Å². The number of aryl methyl sites for hydroxylation is 2. The van der Waals surface area contributed by atoms with Gasteiger partial charge in [0.2, 0.25) is 0 Å². The molecule has 1 amide bonds. The van der Waals surface area contributed by atoms with Crippen molar-refractivity contribution < 1.29 is 9.21 Å². The number of nitrogens with zero attached hydrogens (tertiary/aromatic N) is 1. The molecule has 1 aromatic heterocycles. The number of hydrogen-bond donors (Lipinski definition) is 1. The van der Waals surface area contributed by atoms with Gasteiger partial charge < -0.3 is 9.73 Å². The van der Waals surface area contributed by atoms with Gasteiger partial charge in [0.15, 0.2) is 5.76 Å². The van der Waals surface area contributed by atoms with Gasteiger partial charge in [-0.25, -0.2) is 0 Å². The highest BCUT2D eigenvalue weighted by Gasteiger charge is 2.16. The maximum atomic E-state index is 12.3. The molecule has 1 aromatic carbocycles. The van der Waals surface area contributed by atoms with Crippen LogP contribution in [0.2, 0.25) is 0 Å². The molecule has 0 radical (unpaired) electrons. The van der Waals surface area contributed by atoms with E-state index in [0.29, 0.717) is 5.76 Å². The van der Waals surface area contributed by atoms with Crippen LogP contribution in [-0.4, -0.2) is 23.9 Å². The molecule has 1 aliphatic rings. The molecule has 1 saturated heterocycles. The molecule has 4 heteroatoms. The second kappa shape index (κ2) is 6.36. The Labute approximate surface area is 131 Å². The number of nitrogens with one attached hydrogen (secondary N) is 1. The third-order valence-corrected chi connectivity index (χ3v) is 4.10. The Hall–Kier alpha value is -2.07. The molecule has 0 spiro atoms. The number of benzene rings is 1. The molecule has 1 fully saturated rings. The third kappa shape index (κ3) is 3.39. The van der Waals surface area contributed by atoms with Crippen LogP contribution >= 0.6 is 0 Å². The molecule has 4 nitrogen and oxygen atoms in total. The zero-order chi connectivity index (χ0) is 15.5. The first-order valence-electron chi connectivity index (χ1n) is 7.81. The fourth-order valence-corrected chi connectivity index (χ4v) is 2.80. The van der Waals surface area contributed by atoms with Gasteiger partial charge >= 0.3 is 0 Å². The van der Waals surface area contributed by atoms with Crippen molar-refractivity contribution in [3.8, 4) is 0 Å². The molecule has 3 rings (SSSR count). The summed E-state index contributed by atoms with van der Waals surface area (Å²) in [5, 5.41) is 2.93. The van der Waals surface area contributed by atoms with E-state index in [1.165, 1.54) is 12.8 Å². The molecule has 0 saturated carbocycles. The van der Waals surface area contributed by atoms with Gasteiger partial charge in [-0.2, -0.15) is 0 Å². The Bertz CT molecular complexity index is 669. The standard InChI is InChI=1S/C18H22N2O2/c1-13-5-6-14(2)16(11-13)19-18(21)17-8-7-15(22-17)12-20-9-3-4-10-20/h5-8,11H,3-4,9-10,12H2,1-2H3,(H,19,21). The van der Waals surface area contributed by atoms with Gasteiger partial charge in [-0.15, -0.1) is 0 Å². The largest absolute Gasteiger partial charge is 0.455 e. The van der Waals surface area contributed by atoms with E-state index in [1.807, 2.05) is 38.1 Å². The Morgan fingerprint density at radius 2 is 1.95 bits per heavy atom. The summed E-state index contributed by atoms with van der Waals surface area (Å²) < 4.78 is 5.70. The third-order valence-electron chi connectivity index (χ3n) is 4.10. The van der Waals surface area contributed by atoms with Gasteiger partial charge in [-0.1, -0.05) is 12.1 Å². The summed E-state index contributed by atoms with van der Waals surface area (Å²) in [4.78, 5) is 14.7. The van der Waals surface area contributed by atoms with E-state index in [1.54, 1.807) is 6.07 Å². The summed E-state index contributed by atoms with van der Waals surface area (Å²) in [5.74, 6) is 1.03. The van der Waals surface area contributed by atoms with E-state index in [2.05, 4.69) is 10.2 Å². The lowest BCUT2D eigenvalue weighted by atomic mass is 10.1. The second-order valence-corrected chi connectivity index (χ2v) is 6.02. The second-order valence-electron chi connectivity index (χ2n) is 6.02. The molecule has 0 atom stereocenters. The van der Waals surface area contributed by atoms with E-state index in [4.69, 9.17) is 4.42 Å². The van der Waals surface area contributed by atoms with Crippen molar-refractivity contribution in [3.05, 3.63) is 53.0 Å². The zero-order valence-electron chi connectivity index (χ0n) is 13.2. The van der Waals surface area contributed by atoms with E-state index < -0.39 is 0 Å². The summed E-state index contributed by atoms with van der Waals surface area (Å²) in [5.41, 5.74) is 3.00. The Morgan fingerprint density at radius 3 is 2.73 bits per heavy atom. The number of carbonyl (C=O) groups excluding carboxylic acids is 1. The fourth-order valence-electron chi connectivity index (χ4n) is 2.80. The molecule has 1 aliphatic heterocycles. The number of rotatable bonds is 4. The van der Waals surface area contributed by atoms with Crippen molar-refractivity contribution in [2.75, 3.05) is 18.4 Å². The lowest BCUT2D eigenvalue weighted by molar-refractivity contribution is 0.0993. The van der Waals surface area contributed by atoms with Gasteiger partial charge in [0.1, 0.15) is 5.76 Å². The lowest BCUT2D eigenvalue weighted by Gasteiger charge is -2.11. The van der Waals surface area contributed by atoms with Gasteiger partial charge in [0, 0.05) is 5.69 Å². The molecule has 2 aromatic rings. The van der Waals surface area contributed by atoms with E-state index in [0.717, 1.165) is 42.2 Å². The summed E-state index contributed by atoms with van der Waals surface area (Å²) >= 11 is 0. The number of likely N-dealkylation sites (tertiary alicyclic amines) is 1. The molecule has 1 N–H and O–H groups in total. The summed E-state index contributed by atoms with van der Waals surface area (Å²) in [6, 6.07) is 9.67. The van der Waals surface area contributed by atoms with E-state index >= 15 is 0 Å². The summed E-state index contributed by atoms with van der Waals surface area (Å²) in [6.45, 7) is 7.01. The van der Waals surface area contributed by atoms with Gasteiger partial charge in [-0.3, -0.25) is 9.69 Å². The first kappa shape index (κ1) is 14.9. The van der Waals surface area contributed by atoms with Crippen LogP contribution in [0.15, 0.2) is 34.7 Å². The molecular formula is C18H22N2O2. The average Bonchev–Trinajstić information content (AvgIpc) is 3.15. The number of furan rings is 1. The molecular weight excluding hydrogens is 276 g/mol. The van der Waals surface area contributed by atoms with Crippen molar-refractivity contribution in [3.63, 3.8) is 0 Å². The number of carbonyl (C=O) groups is 1. The van der Waals surface area contributed by atoms with Crippen LogP contribution in [0.1, 0.15) is 40.3 Å². The minimum atomic E-state index is -0.193. The predicted molar refractivity (Wildman–Crippen MR) is 87.1 cm³/mol. The van der Waals surface area contributed by atoms with Crippen molar-refractivity contribution in [1.82, 2.24) is 4.90 Å². The maximum absolute atomic E-state index is 12.3. The predicted octanol–water partition coefficient (Wildman–Crippen LogP) is 3.74. The summed E-state index contributed by atoms with van der Waals surface area (Å²) in [6.07, 6.45) is 2.50. The van der Waals surface area contributed by atoms with Gasteiger partial charge in [-0.05, 0) is 69.1 Å². The van der Waals surface area contributed by atoms with Crippen molar-refractivity contribution in [2.24, 2.45) is 0 Å². The van der Waals surface area contributed by atoms with Crippen LogP contribution in [0.3, 0.4) is 0 Å². The van der Waals surface area contributed by atoms with Crippen molar-refractivity contribution in [2.45, 2.75) is 33.2 Å². The Balaban J connectivity index is 1.67. The molecule has 2 heterocycles. The van der Waals surface area contributed by atoms with Crippen molar-refractivity contribution in [1.29, 1.82) is 0 Å². The molecule has 0 bridgehead atoms. The molecule has 0 unspecified atom stereocenters. The smallest absolute Gasteiger partial charge is 0.291 e. The number of anilines is 1. The number of amides is 1. The number of hydrogen-bond acceptors (Lipinski definition) is 3. The quantitative estimate of drug-likeness (QED) is 0.935. The highest BCUT2D eigenvalue weighted by Crippen LogP contribution is 2.19. The van der Waals surface area contributed by atoms with Gasteiger partial charge in [0.25, 0.3) is 5.91 Å². The van der Waals surface area contributed by atoms with Crippen LogP contribution in [0, 0.1) is 13.8 Å². The first-order chi connectivity index (χ1) is 10.6. The zero-order valence-corrected chi connectivity index (χ0v) is 13.2.